The molecule has 1 aromatic heterocycles. The van der Waals surface area contributed by atoms with Gasteiger partial charge in [-0.05, 0) is 22.0 Å². The van der Waals surface area contributed by atoms with E-state index in [9.17, 15) is 13.6 Å². The molecule has 0 aliphatic rings. The Morgan fingerprint density at radius 3 is 2.71 bits per heavy atom. The van der Waals surface area contributed by atoms with Gasteiger partial charge in [-0.2, -0.15) is 0 Å². The van der Waals surface area contributed by atoms with E-state index in [2.05, 4.69) is 20.9 Å². The molecule has 0 saturated heterocycles. The van der Waals surface area contributed by atoms with E-state index >= 15 is 0 Å². The number of hydrogen-bond donors (Lipinski definition) is 1. The van der Waals surface area contributed by atoms with Crippen molar-refractivity contribution in [3.05, 3.63) is 27.5 Å². The first kappa shape index (κ1) is 11.2. The Labute approximate surface area is 87.4 Å². The molecular formula is C8H7BrF2N2O. The number of rotatable bonds is 3. The van der Waals surface area contributed by atoms with Crippen LogP contribution in [0.5, 0.6) is 0 Å². The Morgan fingerprint density at radius 2 is 2.29 bits per heavy atom. The average molecular weight is 265 g/mol. The van der Waals surface area contributed by atoms with Gasteiger partial charge in [0.2, 0.25) is 0 Å². The minimum Gasteiger partial charge on any atom is -0.326 e. The van der Waals surface area contributed by atoms with Gasteiger partial charge in [0.25, 0.3) is 6.43 Å². The zero-order chi connectivity index (χ0) is 10.7. The maximum absolute atomic E-state index is 12.5. The van der Waals surface area contributed by atoms with Gasteiger partial charge in [-0.1, -0.05) is 0 Å². The van der Waals surface area contributed by atoms with E-state index in [0.29, 0.717) is 6.29 Å². The molecule has 0 aromatic carbocycles. The quantitative estimate of drug-likeness (QED) is 0.672. The van der Waals surface area contributed by atoms with Gasteiger partial charge in [-0.3, -0.25) is 4.79 Å². The summed E-state index contributed by atoms with van der Waals surface area (Å²) in [7, 11) is 0. The van der Waals surface area contributed by atoms with E-state index < -0.39 is 6.43 Å². The monoisotopic (exact) mass is 264 g/mol. The molecule has 2 N–H and O–H groups in total. The van der Waals surface area contributed by atoms with Crippen molar-refractivity contribution in [3.8, 4) is 0 Å². The lowest BCUT2D eigenvalue weighted by Crippen LogP contribution is -2.08. The third-order valence-corrected chi connectivity index (χ3v) is 2.12. The zero-order valence-corrected chi connectivity index (χ0v) is 8.59. The van der Waals surface area contributed by atoms with Crippen molar-refractivity contribution in [1.29, 1.82) is 0 Å². The number of nitrogens with two attached hydrogens (primary N) is 1. The van der Waals surface area contributed by atoms with Gasteiger partial charge in [0.15, 0.2) is 6.29 Å². The molecule has 0 bridgehead atoms. The molecule has 14 heavy (non-hydrogen) atoms. The highest BCUT2D eigenvalue weighted by Crippen LogP contribution is 2.26. The van der Waals surface area contributed by atoms with E-state index in [0.717, 1.165) is 0 Å². The van der Waals surface area contributed by atoms with Crippen molar-refractivity contribution in [1.82, 2.24) is 4.98 Å². The molecule has 1 rings (SSSR count). The van der Waals surface area contributed by atoms with E-state index in [1.165, 1.54) is 6.07 Å². The van der Waals surface area contributed by atoms with Crippen molar-refractivity contribution in [2.45, 2.75) is 13.0 Å². The van der Waals surface area contributed by atoms with Gasteiger partial charge in [-0.25, -0.2) is 13.8 Å². The first-order valence-electron chi connectivity index (χ1n) is 3.72. The van der Waals surface area contributed by atoms with Crippen LogP contribution in [0.2, 0.25) is 0 Å². The molecule has 0 atom stereocenters. The summed E-state index contributed by atoms with van der Waals surface area (Å²) in [6.45, 7) is -0.131. The second-order valence-corrected chi connectivity index (χ2v) is 3.33. The number of nitrogens with zero attached hydrogens (tertiary/aromatic N) is 1. The molecule has 0 aliphatic heterocycles. The summed E-state index contributed by atoms with van der Waals surface area (Å²) in [4.78, 5) is 14.3. The predicted molar refractivity (Wildman–Crippen MR) is 50.2 cm³/mol. The van der Waals surface area contributed by atoms with Crippen molar-refractivity contribution < 1.29 is 13.6 Å². The molecular weight excluding hydrogens is 258 g/mol. The summed E-state index contributed by atoms with van der Waals surface area (Å²) in [5.41, 5.74) is 5.07. The highest BCUT2D eigenvalue weighted by atomic mass is 79.9. The fourth-order valence-corrected chi connectivity index (χ4v) is 1.53. The Balaban J connectivity index is 3.39. The van der Waals surface area contributed by atoms with Gasteiger partial charge in [0, 0.05) is 17.7 Å². The van der Waals surface area contributed by atoms with Gasteiger partial charge in [-0.15, -0.1) is 0 Å². The number of pyridine rings is 1. The third kappa shape index (κ3) is 2.13. The maximum Gasteiger partial charge on any atom is 0.264 e. The highest BCUT2D eigenvalue weighted by molar-refractivity contribution is 9.10. The standard InChI is InChI=1S/C8H7BrF2N2O/c9-7-1-4(8(10)11)5(2-12)6(3-14)13-7/h1,3,8H,2,12H2. The molecule has 0 aliphatic carbocycles. The summed E-state index contributed by atoms with van der Waals surface area (Å²) in [6, 6.07) is 1.17. The third-order valence-electron chi connectivity index (χ3n) is 1.71. The fourth-order valence-electron chi connectivity index (χ4n) is 1.09. The molecule has 6 heteroatoms. The topological polar surface area (TPSA) is 56.0 Å². The number of halogens is 3. The zero-order valence-electron chi connectivity index (χ0n) is 7.01. The molecule has 0 radical (unpaired) electrons. The number of alkyl halides is 2. The van der Waals surface area contributed by atoms with E-state index in [1.54, 1.807) is 0 Å². The maximum atomic E-state index is 12.5. The lowest BCUT2D eigenvalue weighted by Gasteiger charge is -2.09. The molecule has 0 unspecified atom stereocenters. The van der Waals surface area contributed by atoms with Crippen molar-refractivity contribution in [2.24, 2.45) is 5.73 Å². The van der Waals surface area contributed by atoms with Crippen LogP contribution >= 0.6 is 15.9 Å². The summed E-state index contributed by atoms with van der Waals surface area (Å²) in [6.07, 6.45) is -2.25. The SMILES string of the molecule is NCc1c(C(F)F)cc(Br)nc1C=O. The summed E-state index contributed by atoms with van der Waals surface area (Å²) in [5, 5.41) is 0. The van der Waals surface area contributed by atoms with Gasteiger partial charge in [0.05, 0.1) is 0 Å². The Morgan fingerprint density at radius 1 is 1.64 bits per heavy atom. The van der Waals surface area contributed by atoms with Gasteiger partial charge < -0.3 is 5.73 Å². The van der Waals surface area contributed by atoms with E-state index in [4.69, 9.17) is 5.73 Å². The second-order valence-electron chi connectivity index (χ2n) is 2.52. The van der Waals surface area contributed by atoms with Crippen LogP contribution < -0.4 is 5.73 Å². The first-order valence-corrected chi connectivity index (χ1v) is 4.52. The molecule has 3 nitrogen and oxygen atoms in total. The predicted octanol–water partition coefficient (Wildman–Crippen LogP) is 2.05. The number of carbonyl (C=O) groups excluding carboxylic acids is 1. The molecule has 0 saturated carbocycles. The van der Waals surface area contributed by atoms with Crippen LogP contribution in [0, 0.1) is 0 Å². The summed E-state index contributed by atoms with van der Waals surface area (Å²) < 4.78 is 25.2. The van der Waals surface area contributed by atoms with E-state index in [-0.39, 0.29) is 28.0 Å². The van der Waals surface area contributed by atoms with Gasteiger partial charge in [0.1, 0.15) is 10.3 Å². The molecule has 1 heterocycles. The van der Waals surface area contributed by atoms with Crippen LogP contribution in [0.1, 0.15) is 28.0 Å². The van der Waals surface area contributed by atoms with Crippen molar-refractivity contribution >= 4 is 22.2 Å². The minimum absolute atomic E-state index is 0.0443. The molecule has 76 valence electrons. The second kappa shape index (κ2) is 4.56. The minimum atomic E-state index is -2.66. The Kier molecular flexibility index (Phi) is 3.65. The smallest absolute Gasteiger partial charge is 0.264 e. The van der Waals surface area contributed by atoms with Crippen molar-refractivity contribution in [3.63, 3.8) is 0 Å². The van der Waals surface area contributed by atoms with Crippen LogP contribution in [0.3, 0.4) is 0 Å². The van der Waals surface area contributed by atoms with Crippen LogP contribution in [0.25, 0.3) is 0 Å². The molecule has 1 aromatic rings. The highest BCUT2D eigenvalue weighted by Gasteiger charge is 2.17. The summed E-state index contributed by atoms with van der Waals surface area (Å²) >= 11 is 2.94. The van der Waals surface area contributed by atoms with Crippen LogP contribution in [0.15, 0.2) is 10.7 Å². The van der Waals surface area contributed by atoms with Crippen LogP contribution in [-0.4, -0.2) is 11.3 Å². The number of aldehydes is 1. The largest absolute Gasteiger partial charge is 0.326 e. The lowest BCUT2D eigenvalue weighted by molar-refractivity contribution is 0.111. The van der Waals surface area contributed by atoms with E-state index in [1.807, 2.05) is 0 Å². The van der Waals surface area contributed by atoms with Crippen LogP contribution in [-0.2, 0) is 6.54 Å². The normalized spacial score (nSPS) is 10.6. The lowest BCUT2D eigenvalue weighted by atomic mass is 10.1. The van der Waals surface area contributed by atoms with Crippen molar-refractivity contribution in [2.75, 3.05) is 0 Å². The molecule has 0 amide bonds. The Hall–Kier alpha value is -0.880. The fraction of sp³-hybridized carbons (Fsp3) is 0.250. The Bertz CT molecular complexity index is 357. The average Bonchev–Trinajstić information content (AvgIpc) is 2.16. The molecule has 0 spiro atoms. The number of hydrogen-bond acceptors (Lipinski definition) is 3. The summed E-state index contributed by atoms with van der Waals surface area (Å²) in [5.74, 6) is 0. The molecule has 0 fully saturated rings. The number of carbonyl (C=O) groups is 1. The number of aromatic nitrogens is 1. The van der Waals surface area contributed by atoms with Crippen LogP contribution in [0.4, 0.5) is 8.78 Å². The first-order chi connectivity index (χ1) is 6.60. The van der Waals surface area contributed by atoms with Gasteiger partial charge >= 0.3 is 0 Å².